The lowest BCUT2D eigenvalue weighted by Gasteiger charge is -2.27. The largest absolute Gasteiger partial charge is 0.463 e. The van der Waals surface area contributed by atoms with E-state index in [-0.39, 0.29) is 12.1 Å². The van der Waals surface area contributed by atoms with Crippen LogP contribution in [-0.2, 0) is 14.3 Å². The maximum absolute atomic E-state index is 11.3. The van der Waals surface area contributed by atoms with Gasteiger partial charge in [-0.05, 0) is 20.3 Å². The number of aliphatic imine (C=N–C) groups is 1. The van der Waals surface area contributed by atoms with E-state index in [1.165, 1.54) is 0 Å². The number of hydrogen-bond donors (Lipinski definition) is 1. The Morgan fingerprint density at radius 3 is 2.72 bits per heavy atom. The van der Waals surface area contributed by atoms with Crippen LogP contribution in [0.4, 0.5) is 0 Å². The van der Waals surface area contributed by atoms with Crippen LogP contribution in [0.5, 0.6) is 0 Å². The number of carbonyl (C=O) groups is 1. The second-order valence-electron chi connectivity index (χ2n) is 4.48. The van der Waals surface area contributed by atoms with Crippen molar-refractivity contribution in [2.75, 3.05) is 32.8 Å². The van der Waals surface area contributed by atoms with Gasteiger partial charge in [-0.2, -0.15) is 0 Å². The van der Waals surface area contributed by atoms with Crippen LogP contribution >= 0.6 is 0 Å². The first-order valence-electron chi connectivity index (χ1n) is 6.41. The second-order valence-corrected chi connectivity index (χ2v) is 4.48. The number of esters is 1. The summed E-state index contributed by atoms with van der Waals surface area (Å²) in [5.41, 5.74) is 5.85. The second kappa shape index (κ2) is 7.92. The fraction of sp³-hybridized carbons (Fsp3) is 0.833. The number of carbonyl (C=O) groups excluding carboxylic acids is 1. The van der Waals surface area contributed by atoms with Gasteiger partial charge < -0.3 is 20.1 Å². The average Bonchev–Trinajstić information content (AvgIpc) is 2.34. The zero-order valence-electron chi connectivity index (χ0n) is 11.2. The quantitative estimate of drug-likeness (QED) is 0.333. The maximum Gasteiger partial charge on any atom is 0.306 e. The van der Waals surface area contributed by atoms with E-state index in [1.807, 2.05) is 18.7 Å². The van der Waals surface area contributed by atoms with Gasteiger partial charge in [-0.1, -0.05) is 0 Å². The summed E-state index contributed by atoms with van der Waals surface area (Å²) in [4.78, 5) is 17.5. The molecule has 0 spiro atoms. The first-order chi connectivity index (χ1) is 8.59. The molecular formula is C12H23N3O3. The lowest BCUT2D eigenvalue weighted by molar-refractivity contribution is -0.147. The molecule has 0 radical (unpaired) electrons. The number of nitrogens with two attached hydrogens (primary N) is 1. The van der Waals surface area contributed by atoms with Crippen molar-refractivity contribution in [1.82, 2.24) is 4.90 Å². The average molecular weight is 257 g/mol. The number of morpholine rings is 1. The molecule has 0 atom stereocenters. The Hall–Kier alpha value is -1.30. The summed E-state index contributed by atoms with van der Waals surface area (Å²) in [5, 5.41) is 0. The monoisotopic (exact) mass is 257 g/mol. The summed E-state index contributed by atoms with van der Waals surface area (Å²) in [5.74, 6) is 0.362. The van der Waals surface area contributed by atoms with Crippen molar-refractivity contribution in [3.8, 4) is 0 Å². The molecule has 1 heterocycles. The van der Waals surface area contributed by atoms with Gasteiger partial charge >= 0.3 is 5.97 Å². The Morgan fingerprint density at radius 2 is 2.11 bits per heavy atom. The molecule has 2 N–H and O–H groups in total. The molecular weight excluding hydrogens is 234 g/mol. The minimum atomic E-state index is -0.176. The molecule has 18 heavy (non-hydrogen) atoms. The van der Waals surface area contributed by atoms with E-state index in [0.29, 0.717) is 38.6 Å². The Kier molecular flexibility index (Phi) is 6.49. The van der Waals surface area contributed by atoms with Gasteiger partial charge in [0.15, 0.2) is 5.96 Å². The van der Waals surface area contributed by atoms with Gasteiger partial charge in [-0.15, -0.1) is 0 Å². The first kappa shape index (κ1) is 14.8. The summed E-state index contributed by atoms with van der Waals surface area (Å²) in [6.07, 6.45) is 0.994. The van der Waals surface area contributed by atoms with Crippen molar-refractivity contribution in [2.24, 2.45) is 10.7 Å². The lowest BCUT2D eigenvalue weighted by atomic mass is 10.3. The van der Waals surface area contributed by atoms with Crippen molar-refractivity contribution in [2.45, 2.75) is 32.8 Å². The van der Waals surface area contributed by atoms with E-state index >= 15 is 0 Å². The fourth-order valence-electron chi connectivity index (χ4n) is 1.63. The van der Waals surface area contributed by atoms with Gasteiger partial charge in [0, 0.05) is 26.1 Å². The Labute approximate surface area is 108 Å². The van der Waals surface area contributed by atoms with Crippen molar-refractivity contribution in [1.29, 1.82) is 0 Å². The highest BCUT2D eigenvalue weighted by molar-refractivity contribution is 5.78. The smallest absolute Gasteiger partial charge is 0.306 e. The highest BCUT2D eigenvalue weighted by Crippen LogP contribution is 1.99. The van der Waals surface area contributed by atoms with Gasteiger partial charge in [-0.25, -0.2) is 0 Å². The van der Waals surface area contributed by atoms with Gasteiger partial charge in [0.25, 0.3) is 0 Å². The van der Waals surface area contributed by atoms with Crippen molar-refractivity contribution in [3.05, 3.63) is 0 Å². The highest BCUT2D eigenvalue weighted by atomic mass is 16.5. The van der Waals surface area contributed by atoms with E-state index in [9.17, 15) is 4.79 Å². The fourth-order valence-corrected chi connectivity index (χ4v) is 1.63. The Balaban J connectivity index is 2.17. The number of nitrogens with zero attached hydrogens (tertiary/aromatic N) is 2. The van der Waals surface area contributed by atoms with Crippen LogP contribution in [0.2, 0.25) is 0 Å². The van der Waals surface area contributed by atoms with E-state index in [2.05, 4.69) is 4.99 Å². The standard InChI is InChI=1S/C12H23N3O3/c1-10(2)18-11(16)4-3-5-14-12(13)15-6-8-17-9-7-15/h10H,3-9H2,1-2H3,(H2,13,14). The molecule has 1 saturated heterocycles. The molecule has 0 aromatic rings. The van der Waals surface area contributed by atoms with E-state index < -0.39 is 0 Å². The normalized spacial score (nSPS) is 17.1. The zero-order chi connectivity index (χ0) is 13.4. The van der Waals surface area contributed by atoms with E-state index in [0.717, 1.165) is 13.1 Å². The van der Waals surface area contributed by atoms with Crippen LogP contribution in [0.25, 0.3) is 0 Å². The molecule has 0 bridgehead atoms. The molecule has 6 heteroatoms. The van der Waals surface area contributed by atoms with Crippen LogP contribution in [0.3, 0.4) is 0 Å². The Bertz CT molecular complexity index is 286. The molecule has 0 unspecified atom stereocenters. The third kappa shape index (κ3) is 5.86. The predicted octanol–water partition coefficient (Wildman–Crippen LogP) is 0.365. The molecule has 0 amide bonds. The molecule has 0 saturated carbocycles. The van der Waals surface area contributed by atoms with Gasteiger partial charge in [0.2, 0.25) is 0 Å². The molecule has 6 nitrogen and oxygen atoms in total. The molecule has 0 aromatic heterocycles. The van der Waals surface area contributed by atoms with Crippen LogP contribution < -0.4 is 5.73 Å². The van der Waals surface area contributed by atoms with Crippen molar-refractivity contribution < 1.29 is 14.3 Å². The minimum Gasteiger partial charge on any atom is -0.463 e. The predicted molar refractivity (Wildman–Crippen MR) is 69.3 cm³/mol. The number of hydrogen-bond acceptors (Lipinski definition) is 4. The van der Waals surface area contributed by atoms with Crippen molar-refractivity contribution in [3.63, 3.8) is 0 Å². The van der Waals surface area contributed by atoms with Gasteiger partial charge in [-0.3, -0.25) is 9.79 Å². The molecule has 1 fully saturated rings. The van der Waals surface area contributed by atoms with E-state index in [4.69, 9.17) is 15.2 Å². The van der Waals surface area contributed by atoms with Gasteiger partial charge in [0.05, 0.1) is 19.3 Å². The molecule has 1 aliphatic rings. The lowest BCUT2D eigenvalue weighted by Crippen LogP contribution is -2.44. The van der Waals surface area contributed by atoms with Crippen LogP contribution in [0, 0.1) is 0 Å². The van der Waals surface area contributed by atoms with Gasteiger partial charge in [0.1, 0.15) is 0 Å². The van der Waals surface area contributed by atoms with Crippen LogP contribution in [0.1, 0.15) is 26.7 Å². The maximum atomic E-state index is 11.3. The molecule has 1 rings (SSSR count). The molecule has 0 aliphatic carbocycles. The minimum absolute atomic E-state index is 0.0561. The Morgan fingerprint density at radius 1 is 1.44 bits per heavy atom. The summed E-state index contributed by atoms with van der Waals surface area (Å²) in [6.45, 7) is 7.18. The molecule has 104 valence electrons. The zero-order valence-corrected chi connectivity index (χ0v) is 11.2. The number of guanidine groups is 1. The summed E-state index contributed by atoms with van der Waals surface area (Å²) in [6, 6.07) is 0. The van der Waals surface area contributed by atoms with Crippen LogP contribution in [0.15, 0.2) is 4.99 Å². The highest BCUT2D eigenvalue weighted by Gasteiger charge is 2.11. The molecule has 0 aromatic carbocycles. The van der Waals surface area contributed by atoms with Crippen LogP contribution in [-0.4, -0.2) is 55.8 Å². The third-order valence-electron chi connectivity index (χ3n) is 2.52. The summed E-state index contributed by atoms with van der Waals surface area (Å²) < 4.78 is 10.3. The SMILES string of the molecule is CC(C)OC(=O)CCCN=C(N)N1CCOCC1. The number of ether oxygens (including phenoxy) is 2. The first-order valence-corrected chi connectivity index (χ1v) is 6.41. The summed E-state index contributed by atoms with van der Waals surface area (Å²) >= 11 is 0. The summed E-state index contributed by atoms with van der Waals surface area (Å²) in [7, 11) is 0. The van der Waals surface area contributed by atoms with E-state index in [1.54, 1.807) is 0 Å². The molecule has 1 aliphatic heterocycles. The topological polar surface area (TPSA) is 77.1 Å². The van der Waals surface area contributed by atoms with Crippen molar-refractivity contribution >= 4 is 11.9 Å². The third-order valence-corrected chi connectivity index (χ3v) is 2.52. The number of rotatable bonds is 5.